The van der Waals surface area contributed by atoms with Crippen molar-refractivity contribution in [2.24, 2.45) is 5.73 Å². The molecular formula is C16H16N2O6. The molecule has 8 heteroatoms. The van der Waals surface area contributed by atoms with Crippen LogP contribution in [0.4, 0.5) is 4.79 Å². The standard InChI is InChI=1S/C16H16N2O6/c1-10(14(19)18-16(17)21)23-15(20)13-8-7-12(24-13)9-22-11-5-3-2-4-6-11/h2-8,10H,9H2,1H3,(H3,17,18,19,21)/t10-/m1/s1. The van der Waals surface area contributed by atoms with Gasteiger partial charge in [-0.15, -0.1) is 0 Å². The molecule has 0 fully saturated rings. The molecule has 1 atom stereocenters. The van der Waals surface area contributed by atoms with E-state index < -0.39 is 24.0 Å². The van der Waals surface area contributed by atoms with Crippen LogP contribution in [0.5, 0.6) is 5.75 Å². The Labute approximate surface area is 137 Å². The van der Waals surface area contributed by atoms with Gasteiger partial charge in [-0.3, -0.25) is 10.1 Å². The maximum Gasteiger partial charge on any atom is 0.375 e. The number of para-hydroxylation sites is 1. The zero-order valence-corrected chi connectivity index (χ0v) is 12.9. The second-order valence-electron chi connectivity index (χ2n) is 4.77. The van der Waals surface area contributed by atoms with E-state index in [0.29, 0.717) is 11.5 Å². The van der Waals surface area contributed by atoms with Gasteiger partial charge in [0.2, 0.25) is 5.76 Å². The summed E-state index contributed by atoms with van der Waals surface area (Å²) in [4.78, 5) is 33.9. The van der Waals surface area contributed by atoms with Gasteiger partial charge < -0.3 is 19.6 Å². The van der Waals surface area contributed by atoms with E-state index in [4.69, 9.17) is 19.6 Å². The molecule has 8 nitrogen and oxygen atoms in total. The summed E-state index contributed by atoms with van der Waals surface area (Å²) < 4.78 is 15.7. The second kappa shape index (κ2) is 7.82. The van der Waals surface area contributed by atoms with Crippen LogP contribution >= 0.6 is 0 Å². The molecule has 126 valence electrons. The van der Waals surface area contributed by atoms with E-state index in [1.807, 2.05) is 23.5 Å². The lowest BCUT2D eigenvalue weighted by atomic mass is 10.3. The summed E-state index contributed by atoms with van der Waals surface area (Å²) >= 11 is 0. The molecule has 0 aliphatic carbocycles. The third-order valence-electron chi connectivity index (χ3n) is 2.89. The van der Waals surface area contributed by atoms with E-state index in [1.165, 1.54) is 13.0 Å². The summed E-state index contributed by atoms with van der Waals surface area (Å²) in [6.45, 7) is 1.44. The molecule has 0 bridgehead atoms. The summed E-state index contributed by atoms with van der Waals surface area (Å²) in [5.74, 6) is -0.668. The van der Waals surface area contributed by atoms with Crippen molar-refractivity contribution in [2.75, 3.05) is 0 Å². The van der Waals surface area contributed by atoms with Crippen molar-refractivity contribution >= 4 is 17.9 Å². The number of primary amides is 1. The van der Waals surface area contributed by atoms with Gasteiger partial charge in [-0.2, -0.15) is 0 Å². The van der Waals surface area contributed by atoms with Gasteiger partial charge >= 0.3 is 12.0 Å². The Morgan fingerprint density at radius 1 is 1.17 bits per heavy atom. The minimum atomic E-state index is -1.20. The first-order valence-corrected chi connectivity index (χ1v) is 7.03. The van der Waals surface area contributed by atoms with Crippen molar-refractivity contribution in [3.63, 3.8) is 0 Å². The Hall–Kier alpha value is -3.29. The fourth-order valence-electron chi connectivity index (χ4n) is 1.73. The predicted molar refractivity (Wildman–Crippen MR) is 82.1 cm³/mol. The van der Waals surface area contributed by atoms with Crippen LogP contribution in [-0.2, 0) is 16.1 Å². The lowest BCUT2D eigenvalue weighted by molar-refractivity contribution is -0.127. The maximum absolute atomic E-state index is 11.9. The summed E-state index contributed by atoms with van der Waals surface area (Å²) in [6.07, 6.45) is -1.20. The van der Waals surface area contributed by atoms with Crippen LogP contribution in [0, 0.1) is 0 Å². The predicted octanol–water partition coefficient (Wildman–Crippen LogP) is 1.60. The molecular weight excluding hydrogens is 316 g/mol. The first-order valence-electron chi connectivity index (χ1n) is 7.03. The lowest BCUT2D eigenvalue weighted by Crippen LogP contribution is -2.42. The monoisotopic (exact) mass is 332 g/mol. The van der Waals surface area contributed by atoms with Crippen molar-refractivity contribution in [1.29, 1.82) is 0 Å². The van der Waals surface area contributed by atoms with E-state index in [9.17, 15) is 14.4 Å². The van der Waals surface area contributed by atoms with Crippen molar-refractivity contribution in [1.82, 2.24) is 5.32 Å². The molecule has 0 spiro atoms. The Morgan fingerprint density at radius 2 is 1.88 bits per heavy atom. The van der Waals surface area contributed by atoms with Gasteiger partial charge in [0.1, 0.15) is 18.1 Å². The van der Waals surface area contributed by atoms with Crippen LogP contribution in [-0.4, -0.2) is 24.0 Å². The molecule has 1 aromatic heterocycles. The number of rotatable bonds is 6. The number of nitrogens with one attached hydrogen (secondary N) is 1. The van der Waals surface area contributed by atoms with Gasteiger partial charge in [0.25, 0.3) is 5.91 Å². The molecule has 3 amide bonds. The van der Waals surface area contributed by atoms with Crippen molar-refractivity contribution in [3.05, 3.63) is 54.0 Å². The highest BCUT2D eigenvalue weighted by Gasteiger charge is 2.22. The van der Waals surface area contributed by atoms with Gasteiger partial charge in [-0.05, 0) is 31.2 Å². The average Bonchev–Trinajstić information content (AvgIpc) is 3.02. The lowest BCUT2D eigenvalue weighted by Gasteiger charge is -2.10. The van der Waals surface area contributed by atoms with Crippen LogP contribution in [0.1, 0.15) is 23.2 Å². The van der Waals surface area contributed by atoms with Gasteiger partial charge in [-0.1, -0.05) is 18.2 Å². The number of urea groups is 1. The number of amides is 3. The van der Waals surface area contributed by atoms with Gasteiger partial charge in [0, 0.05) is 0 Å². The SMILES string of the molecule is C[C@@H](OC(=O)c1ccc(COc2ccccc2)o1)C(=O)NC(N)=O. The smallest absolute Gasteiger partial charge is 0.375 e. The quantitative estimate of drug-likeness (QED) is 0.775. The zero-order valence-electron chi connectivity index (χ0n) is 12.9. The van der Waals surface area contributed by atoms with Crippen molar-refractivity contribution in [3.8, 4) is 5.75 Å². The molecule has 2 aromatic rings. The highest BCUT2D eigenvalue weighted by Crippen LogP contribution is 2.15. The van der Waals surface area contributed by atoms with Crippen molar-refractivity contribution < 1.29 is 28.3 Å². The highest BCUT2D eigenvalue weighted by atomic mass is 16.6. The van der Waals surface area contributed by atoms with Crippen LogP contribution < -0.4 is 15.8 Å². The molecule has 0 radical (unpaired) electrons. The van der Waals surface area contributed by atoms with Crippen molar-refractivity contribution in [2.45, 2.75) is 19.6 Å². The fourth-order valence-corrected chi connectivity index (χ4v) is 1.73. The highest BCUT2D eigenvalue weighted by molar-refractivity contribution is 5.97. The number of benzene rings is 1. The molecule has 0 aliphatic rings. The van der Waals surface area contributed by atoms with Crippen LogP contribution in [0.3, 0.4) is 0 Å². The van der Waals surface area contributed by atoms with Gasteiger partial charge in [0.15, 0.2) is 6.10 Å². The Bertz CT molecular complexity index is 725. The minimum Gasteiger partial charge on any atom is -0.486 e. The molecule has 3 N–H and O–H groups in total. The van der Waals surface area contributed by atoms with Gasteiger partial charge in [-0.25, -0.2) is 9.59 Å². The number of imide groups is 1. The normalized spacial score (nSPS) is 11.4. The molecule has 2 rings (SSSR count). The van der Waals surface area contributed by atoms with Crippen LogP contribution in [0.2, 0.25) is 0 Å². The number of carbonyl (C=O) groups is 3. The largest absolute Gasteiger partial charge is 0.486 e. The van der Waals surface area contributed by atoms with Gasteiger partial charge in [0.05, 0.1) is 0 Å². The fraction of sp³-hybridized carbons (Fsp3) is 0.188. The third-order valence-corrected chi connectivity index (χ3v) is 2.89. The molecule has 1 aromatic carbocycles. The molecule has 1 heterocycles. The Kier molecular flexibility index (Phi) is 5.56. The number of esters is 1. The number of hydrogen-bond acceptors (Lipinski definition) is 6. The van der Waals surface area contributed by atoms with E-state index >= 15 is 0 Å². The minimum absolute atomic E-state index is 0.0830. The third kappa shape index (κ3) is 4.87. The number of nitrogens with two attached hydrogens (primary N) is 1. The molecule has 0 unspecified atom stereocenters. The molecule has 24 heavy (non-hydrogen) atoms. The Balaban J connectivity index is 1.88. The molecule has 0 saturated carbocycles. The summed E-state index contributed by atoms with van der Waals surface area (Å²) in [7, 11) is 0. The topological polar surface area (TPSA) is 121 Å². The van der Waals surface area contributed by atoms with E-state index in [1.54, 1.807) is 18.2 Å². The van der Waals surface area contributed by atoms with E-state index in [0.717, 1.165) is 0 Å². The first-order chi connectivity index (χ1) is 11.5. The van der Waals surface area contributed by atoms with E-state index in [2.05, 4.69) is 0 Å². The summed E-state index contributed by atoms with van der Waals surface area (Å²) in [5, 5.41) is 1.82. The Morgan fingerprint density at radius 3 is 2.54 bits per heavy atom. The number of carbonyl (C=O) groups excluding carboxylic acids is 3. The molecule has 0 aliphatic heterocycles. The summed E-state index contributed by atoms with van der Waals surface area (Å²) in [6, 6.07) is 11.1. The van der Waals surface area contributed by atoms with Crippen LogP contribution in [0.15, 0.2) is 46.9 Å². The second-order valence-corrected chi connectivity index (χ2v) is 4.77. The zero-order chi connectivity index (χ0) is 17.5. The van der Waals surface area contributed by atoms with Crippen LogP contribution in [0.25, 0.3) is 0 Å². The summed E-state index contributed by atoms with van der Waals surface area (Å²) in [5.41, 5.74) is 4.81. The first kappa shape index (κ1) is 17.1. The number of hydrogen-bond donors (Lipinski definition) is 2. The van der Waals surface area contributed by atoms with E-state index in [-0.39, 0.29) is 12.4 Å². The number of ether oxygens (including phenoxy) is 2. The average molecular weight is 332 g/mol. The number of furan rings is 1. The molecule has 0 saturated heterocycles. The maximum atomic E-state index is 11.9.